The van der Waals surface area contributed by atoms with Crippen LogP contribution in [0.3, 0.4) is 0 Å². The van der Waals surface area contributed by atoms with Gasteiger partial charge in [0, 0.05) is 24.4 Å². The van der Waals surface area contributed by atoms with Crippen molar-refractivity contribution in [3.8, 4) is 0 Å². The van der Waals surface area contributed by atoms with Crippen molar-refractivity contribution >= 4 is 5.78 Å². The summed E-state index contributed by atoms with van der Waals surface area (Å²) in [6.45, 7) is 4.07. The molecular formula is C15H15NO. The molecule has 2 nitrogen and oxygen atoms in total. The van der Waals surface area contributed by atoms with E-state index in [0.29, 0.717) is 6.42 Å². The van der Waals surface area contributed by atoms with E-state index in [1.54, 1.807) is 12.4 Å². The molecule has 0 saturated heterocycles. The summed E-state index contributed by atoms with van der Waals surface area (Å²) in [5, 5.41) is 0. The van der Waals surface area contributed by atoms with E-state index >= 15 is 0 Å². The maximum atomic E-state index is 12.1. The highest BCUT2D eigenvalue weighted by molar-refractivity contribution is 5.97. The minimum absolute atomic E-state index is 0.152. The van der Waals surface area contributed by atoms with Crippen molar-refractivity contribution in [3.05, 3.63) is 65.0 Å². The highest BCUT2D eigenvalue weighted by Gasteiger charge is 2.07. The molecule has 2 aromatic rings. The average molecular weight is 225 g/mol. The Morgan fingerprint density at radius 3 is 2.41 bits per heavy atom. The largest absolute Gasteiger partial charge is 0.294 e. The number of hydrogen-bond donors (Lipinski definition) is 0. The Morgan fingerprint density at radius 1 is 1.06 bits per heavy atom. The molecule has 0 bridgehead atoms. The van der Waals surface area contributed by atoms with Gasteiger partial charge in [-0.15, -0.1) is 0 Å². The van der Waals surface area contributed by atoms with Gasteiger partial charge in [0.15, 0.2) is 5.78 Å². The summed E-state index contributed by atoms with van der Waals surface area (Å²) < 4.78 is 0. The molecule has 1 aromatic carbocycles. The van der Waals surface area contributed by atoms with E-state index in [1.807, 2.05) is 44.2 Å². The maximum absolute atomic E-state index is 12.1. The first-order valence-corrected chi connectivity index (χ1v) is 5.66. The van der Waals surface area contributed by atoms with E-state index in [9.17, 15) is 4.79 Å². The van der Waals surface area contributed by atoms with E-state index in [2.05, 4.69) is 4.98 Å². The zero-order chi connectivity index (χ0) is 12.3. The lowest BCUT2D eigenvalue weighted by molar-refractivity contribution is 0.0993. The number of rotatable bonds is 3. The van der Waals surface area contributed by atoms with Crippen molar-refractivity contribution in [3.63, 3.8) is 0 Å². The molecule has 0 aliphatic rings. The molecule has 0 radical (unpaired) electrons. The van der Waals surface area contributed by atoms with Gasteiger partial charge in [0.2, 0.25) is 0 Å². The van der Waals surface area contributed by atoms with Crippen LogP contribution < -0.4 is 0 Å². The molecule has 0 amide bonds. The minimum atomic E-state index is 0.152. The normalized spacial score (nSPS) is 10.2. The van der Waals surface area contributed by atoms with Gasteiger partial charge in [0.25, 0.3) is 0 Å². The van der Waals surface area contributed by atoms with Crippen LogP contribution in [0.4, 0.5) is 0 Å². The van der Waals surface area contributed by atoms with Gasteiger partial charge in [-0.2, -0.15) is 0 Å². The monoisotopic (exact) mass is 225 g/mol. The molecule has 0 fully saturated rings. The minimum Gasteiger partial charge on any atom is -0.294 e. The maximum Gasteiger partial charge on any atom is 0.167 e. The van der Waals surface area contributed by atoms with Crippen molar-refractivity contribution in [2.75, 3.05) is 0 Å². The van der Waals surface area contributed by atoms with Gasteiger partial charge >= 0.3 is 0 Å². The van der Waals surface area contributed by atoms with Crippen LogP contribution in [0, 0.1) is 13.8 Å². The summed E-state index contributed by atoms with van der Waals surface area (Å²) in [5.74, 6) is 0.152. The van der Waals surface area contributed by atoms with Crippen molar-refractivity contribution in [1.82, 2.24) is 4.98 Å². The summed E-state index contributed by atoms with van der Waals surface area (Å²) in [4.78, 5) is 16.0. The summed E-state index contributed by atoms with van der Waals surface area (Å²) >= 11 is 0. The zero-order valence-corrected chi connectivity index (χ0v) is 10.1. The molecular weight excluding hydrogens is 210 g/mol. The quantitative estimate of drug-likeness (QED) is 0.751. The zero-order valence-electron chi connectivity index (χ0n) is 10.1. The number of aryl methyl sites for hydroxylation is 2. The molecule has 0 N–H and O–H groups in total. The topological polar surface area (TPSA) is 30.0 Å². The fourth-order valence-electron chi connectivity index (χ4n) is 1.70. The predicted octanol–water partition coefficient (Wildman–Crippen LogP) is 3.12. The Morgan fingerprint density at radius 2 is 1.76 bits per heavy atom. The highest BCUT2D eigenvalue weighted by atomic mass is 16.1. The molecule has 0 unspecified atom stereocenters. The van der Waals surface area contributed by atoms with Crippen LogP contribution in [0.15, 0.2) is 42.7 Å². The SMILES string of the molecule is Cc1ccc(C(=O)Cc2ccncc2)cc1C. The van der Waals surface area contributed by atoms with Gasteiger partial charge < -0.3 is 0 Å². The lowest BCUT2D eigenvalue weighted by Gasteiger charge is -2.04. The van der Waals surface area contributed by atoms with Gasteiger partial charge in [-0.25, -0.2) is 0 Å². The smallest absolute Gasteiger partial charge is 0.167 e. The Kier molecular flexibility index (Phi) is 3.33. The molecule has 86 valence electrons. The Hall–Kier alpha value is -1.96. The van der Waals surface area contributed by atoms with Crippen molar-refractivity contribution in [2.45, 2.75) is 20.3 Å². The molecule has 0 spiro atoms. The van der Waals surface area contributed by atoms with Gasteiger partial charge in [0.1, 0.15) is 0 Å². The van der Waals surface area contributed by atoms with E-state index in [0.717, 1.165) is 16.7 Å². The number of benzene rings is 1. The molecule has 1 heterocycles. The molecule has 2 heteroatoms. The number of hydrogen-bond acceptors (Lipinski definition) is 2. The third kappa shape index (κ3) is 2.78. The summed E-state index contributed by atoms with van der Waals surface area (Å²) in [6, 6.07) is 9.59. The average Bonchev–Trinajstić information content (AvgIpc) is 2.34. The fraction of sp³-hybridized carbons (Fsp3) is 0.200. The fourth-order valence-corrected chi connectivity index (χ4v) is 1.70. The standard InChI is InChI=1S/C15H15NO/c1-11-3-4-14(9-12(11)2)15(17)10-13-5-7-16-8-6-13/h3-9H,10H2,1-2H3. The van der Waals surface area contributed by atoms with E-state index in [1.165, 1.54) is 5.56 Å². The number of ketones is 1. The number of nitrogens with zero attached hydrogens (tertiary/aromatic N) is 1. The summed E-state index contributed by atoms with van der Waals surface area (Å²) in [5.41, 5.74) is 4.16. The third-order valence-corrected chi connectivity index (χ3v) is 2.94. The Balaban J connectivity index is 2.18. The molecule has 0 saturated carbocycles. The van der Waals surface area contributed by atoms with Gasteiger partial charge in [-0.1, -0.05) is 12.1 Å². The van der Waals surface area contributed by atoms with Crippen LogP contribution in [0.25, 0.3) is 0 Å². The Bertz CT molecular complexity index is 532. The lowest BCUT2D eigenvalue weighted by Crippen LogP contribution is -2.04. The van der Waals surface area contributed by atoms with E-state index in [-0.39, 0.29) is 5.78 Å². The molecule has 17 heavy (non-hydrogen) atoms. The number of pyridine rings is 1. The second kappa shape index (κ2) is 4.91. The van der Waals surface area contributed by atoms with Crippen LogP contribution in [0.1, 0.15) is 27.0 Å². The van der Waals surface area contributed by atoms with E-state index < -0.39 is 0 Å². The first kappa shape index (κ1) is 11.5. The molecule has 1 aromatic heterocycles. The number of carbonyl (C=O) groups is 1. The second-order valence-corrected chi connectivity index (χ2v) is 4.25. The number of carbonyl (C=O) groups excluding carboxylic acids is 1. The number of aromatic nitrogens is 1. The van der Waals surface area contributed by atoms with Crippen LogP contribution in [0.2, 0.25) is 0 Å². The van der Waals surface area contributed by atoms with Gasteiger partial charge in [0.05, 0.1) is 0 Å². The third-order valence-electron chi connectivity index (χ3n) is 2.94. The van der Waals surface area contributed by atoms with E-state index in [4.69, 9.17) is 0 Å². The summed E-state index contributed by atoms with van der Waals surface area (Å²) in [6.07, 6.45) is 3.86. The molecule has 0 atom stereocenters. The van der Waals surface area contributed by atoms with Crippen LogP contribution >= 0.6 is 0 Å². The first-order valence-electron chi connectivity index (χ1n) is 5.66. The Labute approximate surface area is 101 Å². The van der Waals surface area contributed by atoms with Crippen molar-refractivity contribution in [2.24, 2.45) is 0 Å². The second-order valence-electron chi connectivity index (χ2n) is 4.25. The first-order chi connectivity index (χ1) is 8.16. The molecule has 0 aliphatic heterocycles. The van der Waals surface area contributed by atoms with Gasteiger partial charge in [-0.3, -0.25) is 9.78 Å². The van der Waals surface area contributed by atoms with Crippen LogP contribution in [-0.2, 0) is 6.42 Å². The lowest BCUT2D eigenvalue weighted by atomic mass is 10.00. The summed E-state index contributed by atoms with van der Waals surface area (Å²) in [7, 11) is 0. The van der Waals surface area contributed by atoms with Crippen LogP contribution in [-0.4, -0.2) is 10.8 Å². The number of Topliss-reactive ketones (excluding diaryl/α,β-unsaturated/α-hetero) is 1. The van der Waals surface area contributed by atoms with Crippen molar-refractivity contribution < 1.29 is 4.79 Å². The van der Waals surface area contributed by atoms with Gasteiger partial charge in [-0.05, 0) is 48.7 Å². The molecule has 0 aliphatic carbocycles. The van der Waals surface area contributed by atoms with Crippen molar-refractivity contribution in [1.29, 1.82) is 0 Å². The molecule has 2 rings (SSSR count). The predicted molar refractivity (Wildman–Crippen MR) is 68.2 cm³/mol. The van der Waals surface area contributed by atoms with Crippen LogP contribution in [0.5, 0.6) is 0 Å². The highest BCUT2D eigenvalue weighted by Crippen LogP contribution is 2.12.